The highest BCUT2D eigenvalue weighted by molar-refractivity contribution is 6.35. The number of hydrogen-bond acceptors (Lipinski definition) is 2. The second-order valence-electron chi connectivity index (χ2n) is 3.93. The molecule has 2 rings (SSSR count). The molecule has 0 atom stereocenters. The molecule has 5 heteroatoms. The number of ether oxygens (including phenoxy) is 1. The first-order valence-corrected chi connectivity index (χ1v) is 6.37. The predicted octanol–water partition coefficient (Wildman–Crippen LogP) is 4.75. The van der Waals surface area contributed by atoms with Gasteiger partial charge in [-0.3, -0.25) is 0 Å². The van der Waals surface area contributed by atoms with Gasteiger partial charge in [-0.2, -0.15) is 0 Å². The molecule has 0 amide bonds. The van der Waals surface area contributed by atoms with Gasteiger partial charge in [-0.15, -0.1) is 0 Å². The molecule has 0 aromatic heterocycles. The summed E-state index contributed by atoms with van der Waals surface area (Å²) in [7, 11) is 1.50. The first-order chi connectivity index (χ1) is 9.10. The fourth-order valence-corrected chi connectivity index (χ4v) is 2.14. The van der Waals surface area contributed by atoms with Crippen molar-refractivity contribution < 1.29 is 9.13 Å². The number of nitrogens with one attached hydrogen (secondary N) is 1. The summed E-state index contributed by atoms with van der Waals surface area (Å²) in [5.74, 6) is 0.108. The Bertz CT molecular complexity index is 590. The molecule has 0 heterocycles. The van der Waals surface area contributed by atoms with Gasteiger partial charge in [0, 0.05) is 22.7 Å². The molecule has 0 unspecified atom stereocenters. The van der Waals surface area contributed by atoms with Crippen LogP contribution in [0.4, 0.5) is 10.1 Å². The number of halogens is 3. The molecule has 2 nitrogen and oxygen atoms in total. The van der Waals surface area contributed by atoms with Crippen molar-refractivity contribution >= 4 is 28.9 Å². The third-order valence-electron chi connectivity index (χ3n) is 2.65. The minimum Gasteiger partial charge on any atom is -0.494 e. The summed E-state index contributed by atoms with van der Waals surface area (Å²) in [5, 5.41) is 4.32. The van der Waals surface area contributed by atoms with Crippen molar-refractivity contribution in [2.24, 2.45) is 0 Å². The molecule has 0 bridgehead atoms. The highest BCUT2D eigenvalue weighted by Gasteiger charge is 2.06. The van der Waals surface area contributed by atoms with Gasteiger partial charge in [0.2, 0.25) is 0 Å². The molecule has 1 N–H and O–H groups in total. The molecule has 0 radical (unpaired) electrons. The van der Waals surface area contributed by atoms with E-state index < -0.39 is 0 Å². The van der Waals surface area contributed by atoms with Crippen LogP contribution in [0.3, 0.4) is 0 Å². The second-order valence-corrected chi connectivity index (χ2v) is 4.78. The number of hydrogen-bond donors (Lipinski definition) is 1. The molecule has 0 saturated heterocycles. The highest BCUT2D eigenvalue weighted by atomic mass is 35.5. The lowest BCUT2D eigenvalue weighted by atomic mass is 10.2. The summed E-state index contributed by atoms with van der Waals surface area (Å²) in [5.41, 5.74) is 1.60. The van der Waals surface area contributed by atoms with Gasteiger partial charge in [-0.05, 0) is 29.8 Å². The van der Waals surface area contributed by atoms with Gasteiger partial charge in [0.05, 0.1) is 12.8 Å². The zero-order chi connectivity index (χ0) is 13.8. The average molecular weight is 300 g/mol. The molecular weight excluding hydrogens is 288 g/mol. The van der Waals surface area contributed by atoms with E-state index in [1.54, 1.807) is 18.2 Å². The lowest BCUT2D eigenvalue weighted by molar-refractivity contribution is 0.413. The van der Waals surface area contributed by atoms with E-state index >= 15 is 0 Å². The van der Waals surface area contributed by atoms with Crippen LogP contribution in [-0.2, 0) is 6.54 Å². The van der Waals surface area contributed by atoms with Gasteiger partial charge in [0.15, 0.2) is 0 Å². The minimum absolute atomic E-state index is 0.341. The number of rotatable bonds is 4. The highest BCUT2D eigenvalue weighted by Crippen LogP contribution is 2.27. The molecule has 2 aromatic carbocycles. The van der Waals surface area contributed by atoms with Crippen molar-refractivity contribution in [3.05, 3.63) is 57.8 Å². The fraction of sp³-hybridized carbons (Fsp3) is 0.143. The minimum atomic E-state index is -0.341. The largest absolute Gasteiger partial charge is 0.494 e. The fourth-order valence-electron chi connectivity index (χ4n) is 1.67. The normalized spacial score (nSPS) is 10.3. The van der Waals surface area contributed by atoms with Gasteiger partial charge < -0.3 is 10.1 Å². The van der Waals surface area contributed by atoms with Gasteiger partial charge >= 0.3 is 0 Å². The van der Waals surface area contributed by atoms with E-state index in [4.69, 9.17) is 27.9 Å². The molecule has 0 aliphatic heterocycles. The number of anilines is 1. The van der Waals surface area contributed by atoms with Crippen LogP contribution < -0.4 is 10.1 Å². The number of methoxy groups -OCH3 is 1. The van der Waals surface area contributed by atoms with Crippen LogP contribution in [-0.4, -0.2) is 7.11 Å². The lowest BCUT2D eigenvalue weighted by Crippen LogP contribution is -2.02. The summed E-state index contributed by atoms with van der Waals surface area (Å²) >= 11 is 11.9. The van der Waals surface area contributed by atoms with E-state index in [2.05, 4.69) is 5.32 Å². The molecule has 0 spiro atoms. The Balaban J connectivity index is 2.14. The molecule has 0 aliphatic carbocycles. The molecular formula is C14H12Cl2FNO. The Morgan fingerprint density at radius 3 is 2.63 bits per heavy atom. The summed E-state index contributed by atoms with van der Waals surface area (Å²) in [6.45, 7) is 0.498. The Hall–Kier alpha value is -1.45. The van der Waals surface area contributed by atoms with Gasteiger partial charge in [0.1, 0.15) is 11.6 Å². The number of benzene rings is 2. The van der Waals surface area contributed by atoms with Crippen molar-refractivity contribution in [2.45, 2.75) is 6.54 Å². The van der Waals surface area contributed by atoms with Crippen LogP contribution in [0.5, 0.6) is 5.75 Å². The standard InChI is InChI=1S/C14H12Cl2FNO/c1-19-14-7-11(17)4-5-13(14)18-8-9-2-3-10(15)6-12(9)16/h2-7,18H,8H2,1H3. The van der Waals surface area contributed by atoms with Gasteiger partial charge in [0.25, 0.3) is 0 Å². The van der Waals surface area contributed by atoms with E-state index in [1.807, 2.05) is 6.07 Å². The molecule has 0 saturated carbocycles. The molecule has 0 aliphatic rings. The van der Waals surface area contributed by atoms with Crippen molar-refractivity contribution in [1.29, 1.82) is 0 Å². The molecule has 0 fully saturated rings. The van der Waals surface area contributed by atoms with Crippen LogP contribution in [0, 0.1) is 5.82 Å². The zero-order valence-corrected chi connectivity index (χ0v) is 11.7. The van der Waals surface area contributed by atoms with Crippen LogP contribution in [0.15, 0.2) is 36.4 Å². The monoisotopic (exact) mass is 299 g/mol. The first kappa shape index (κ1) is 14.0. The summed E-state index contributed by atoms with van der Waals surface area (Å²) in [6, 6.07) is 9.61. The molecule has 2 aromatic rings. The van der Waals surface area contributed by atoms with Gasteiger partial charge in [-0.25, -0.2) is 4.39 Å². The Kier molecular flexibility index (Phi) is 4.51. The lowest BCUT2D eigenvalue weighted by Gasteiger charge is -2.12. The van der Waals surface area contributed by atoms with E-state index in [0.29, 0.717) is 28.0 Å². The van der Waals surface area contributed by atoms with Crippen molar-refractivity contribution in [3.63, 3.8) is 0 Å². The van der Waals surface area contributed by atoms with Crippen LogP contribution in [0.1, 0.15) is 5.56 Å². The third kappa shape index (κ3) is 3.52. The quantitative estimate of drug-likeness (QED) is 0.879. The molecule has 100 valence electrons. The van der Waals surface area contributed by atoms with E-state index in [0.717, 1.165) is 5.56 Å². The maximum absolute atomic E-state index is 13.1. The molecule has 19 heavy (non-hydrogen) atoms. The first-order valence-electron chi connectivity index (χ1n) is 5.61. The van der Waals surface area contributed by atoms with E-state index in [-0.39, 0.29) is 5.82 Å². The van der Waals surface area contributed by atoms with Crippen LogP contribution >= 0.6 is 23.2 Å². The predicted molar refractivity (Wildman–Crippen MR) is 76.7 cm³/mol. The smallest absolute Gasteiger partial charge is 0.144 e. The Morgan fingerprint density at radius 1 is 1.16 bits per heavy atom. The Morgan fingerprint density at radius 2 is 1.95 bits per heavy atom. The van der Waals surface area contributed by atoms with Crippen LogP contribution in [0.25, 0.3) is 0 Å². The van der Waals surface area contributed by atoms with Crippen molar-refractivity contribution in [3.8, 4) is 5.75 Å². The van der Waals surface area contributed by atoms with Crippen molar-refractivity contribution in [1.82, 2.24) is 0 Å². The van der Waals surface area contributed by atoms with Gasteiger partial charge in [-0.1, -0.05) is 29.3 Å². The Labute approximate surface area is 121 Å². The average Bonchev–Trinajstić information content (AvgIpc) is 2.39. The zero-order valence-electron chi connectivity index (χ0n) is 10.2. The summed E-state index contributed by atoms with van der Waals surface area (Å²) in [4.78, 5) is 0. The van der Waals surface area contributed by atoms with E-state index in [1.165, 1.54) is 19.2 Å². The van der Waals surface area contributed by atoms with E-state index in [9.17, 15) is 4.39 Å². The third-order valence-corrected chi connectivity index (χ3v) is 3.23. The maximum atomic E-state index is 13.1. The SMILES string of the molecule is COc1cc(F)ccc1NCc1ccc(Cl)cc1Cl. The second kappa shape index (κ2) is 6.13. The maximum Gasteiger partial charge on any atom is 0.144 e. The van der Waals surface area contributed by atoms with Crippen molar-refractivity contribution in [2.75, 3.05) is 12.4 Å². The topological polar surface area (TPSA) is 21.3 Å². The summed E-state index contributed by atoms with van der Waals surface area (Å²) < 4.78 is 18.2. The summed E-state index contributed by atoms with van der Waals surface area (Å²) in [6.07, 6.45) is 0. The van der Waals surface area contributed by atoms with Crippen LogP contribution in [0.2, 0.25) is 10.0 Å².